The summed E-state index contributed by atoms with van der Waals surface area (Å²) in [5, 5.41) is 8.09. The lowest BCUT2D eigenvalue weighted by atomic mass is 10.3. The second kappa shape index (κ2) is 13.7. The Labute approximate surface area is 261 Å². The Morgan fingerprint density at radius 1 is 1.00 bits per heavy atom. The van der Waals surface area contributed by atoms with Crippen molar-refractivity contribution < 1.29 is 23.8 Å². The van der Waals surface area contributed by atoms with Crippen molar-refractivity contribution in [2.75, 3.05) is 18.2 Å². The molecule has 1 N–H and O–H groups in total. The van der Waals surface area contributed by atoms with Crippen molar-refractivity contribution in [3.63, 3.8) is 0 Å². The van der Waals surface area contributed by atoms with Crippen LogP contribution >= 0.6 is 23.4 Å². The van der Waals surface area contributed by atoms with Gasteiger partial charge in [-0.05, 0) is 68.1 Å². The van der Waals surface area contributed by atoms with Crippen LogP contribution in [0.4, 0.5) is 10.5 Å². The zero-order valence-electron chi connectivity index (χ0n) is 24.0. The number of benzene rings is 3. The zero-order chi connectivity index (χ0) is 31.2. The van der Waals surface area contributed by atoms with E-state index in [-0.39, 0.29) is 27.8 Å². The van der Waals surface area contributed by atoms with Crippen LogP contribution in [0.3, 0.4) is 0 Å². The number of nitrogens with one attached hydrogen (secondary N) is 1. The summed E-state index contributed by atoms with van der Waals surface area (Å²) in [5.74, 6) is 0.167. The molecule has 5 aromatic rings. The van der Waals surface area contributed by atoms with Crippen molar-refractivity contribution in [3.05, 3.63) is 94.2 Å². The number of hydrogen-bond donors (Lipinski definition) is 1. The van der Waals surface area contributed by atoms with Crippen LogP contribution in [0.2, 0.25) is 5.02 Å². The van der Waals surface area contributed by atoms with Crippen LogP contribution in [0, 0.1) is 0 Å². The van der Waals surface area contributed by atoms with Gasteiger partial charge in [-0.15, -0.1) is 11.8 Å². The van der Waals surface area contributed by atoms with Gasteiger partial charge in [0.25, 0.3) is 5.56 Å². The third-order valence-corrected chi connectivity index (χ3v) is 7.28. The fourth-order valence-corrected chi connectivity index (χ4v) is 4.89. The van der Waals surface area contributed by atoms with Gasteiger partial charge in [0.2, 0.25) is 0 Å². The summed E-state index contributed by atoms with van der Waals surface area (Å²) in [6.07, 6.45) is 1.67. The van der Waals surface area contributed by atoms with Crippen molar-refractivity contribution in [2.24, 2.45) is 0 Å². The average molecular weight is 634 g/mol. The van der Waals surface area contributed by atoms with Crippen molar-refractivity contribution >= 4 is 52.1 Å². The topological polar surface area (TPSA) is 127 Å². The van der Waals surface area contributed by atoms with Crippen LogP contribution in [0.15, 0.2) is 88.7 Å². The summed E-state index contributed by atoms with van der Waals surface area (Å²) in [6.45, 7) is 3.81. The number of ether oxygens (including phenoxy) is 3. The van der Waals surface area contributed by atoms with Crippen LogP contribution in [-0.4, -0.2) is 50.3 Å². The van der Waals surface area contributed by atoms with Crippen LogP contribution in [0.25, 0.3) is 16.7 Å². The fraction of sp³-hybridized carbons (Fsp3) is 0.194. The predicted octanol–water partition coefficient (Wildman–Crippen LogP) is 6.55. The number of aromatic nitrogens is 4. The maximum Gasteiger partial charge on any atom is 0.347 e. The van der Waals surface area contributed by atoms with Gasteiger partial charge in [-0.25, -0.2) is 14.3 Å². The van der Waals surface area contributed by atoms with E-state index in [1.54, 1.807) is 61.7 Å². The molecular formula is C31H28ClN5O6S. The van der Waals surface area contributed by atoms with E-state index >= 15 is 0 Å². The van der Waals surface area contributed by atoms with Crippen molar-refractivity contribution in [3.8, 4) is 23.2 Å². The van der Waals surface area contributed by atoms with Gasteiger partial charge in [0.1, 0.15) is 21.9 Å². The highest BCUT2D eigenvalue weighted by Gasteiger charge is 2.26. The third-order valence-electron chi connectivity index (χ3n) is 6.28. The first-order chi connectivity index (χ1) is 21.3. The van der Waals surface area contributed by atoms with Gasteiger partial charge in [0.15, 0.2) is 11.8 Å². The van der Waals surface area contributed by atoms with Gasteiger partial charge in [0, 0.05) is 0 Å². The van der Waals surface area contributed by atoms with Gasteiger partial charge in [-0.1, -0.05) is 48.9 Å². The number of amides is 1. The highest BCUT2D eigenvalue weighted by Crippen LogP contribution is 2.29. The number of esters is 1. The SMILES string of the molecule is CCCOC(=O)C(C)Oc1ccc(Oc2nc3c(c(SC)nn3-c3ccccc3)c(=O)n2C(=O)Nc2ccccc2Cl)cc1. The number of nitrogens with zero attached hydrogens (tertiary/aromatic N) is 4. The lowest BCUT2D eigenvalue weighted by Gasteiger charge is -2.15. The molecular weight excluding hydrogens is 606 g/mol. The molecule has 226 valence electrons. The maximum absolute atomic E-state index is 14.0. The monoisotopic (exact) mass is 633 g/mol. The second-order valence-electron chi connectivity index (χ2n) is 9.40. The quantitative estimate of drug-likeness (QED) is 0.134. The molecule has 0 radical (unpaired) electrons. The Bertz CT molecular complexity index is 1860. The number of anilines is 1. The summed E-state index contributed by atoms with van der Waals surface area (Å²) in [4.78, 5) is 44.3. The van der Waals surface area contributed by atoms with Gasteiger partial charge in [-0.3, -0.25) is 4.79 Å². The van der Waals surface area contributed by atoms with Crippen molar-refractivity contribution in [1.82, 2.24) is 19.3 Å². The van der Waals surface area contributed by atoms with E-state index in [1.165, 1.54) is 16.4 Å². The molecule has 2 heterocycles. The van der Waals surface area contributed by atoms with Gasteiger partial charge < -0.3 is 19.5 Å². The Morgan fingerprint density at radius 3 is 2.36 bits per heavy atom. The number of halogens is 1. The van der Waals surface area contributed by atoms with E-state index in [0.717, 1.165) is 4.57 Å². The molecule has 1 atom stereocenters. The Balaban J connectivity index is 1.56. The highest BCUT2D eigenvalue weighted by molar-refractivity contribution is 7.98. The summed E-state index contributed by atoms with van der Waals surface area (Å²) in [5.41, 5.74) is 0.499. The van der Waals surface area contributed by atoms with E-state index in [4.69, 9.17) is 25.8 Å². The maximum atomic E-state index is 14.0. The molecule has 13 heteroatoms. The third kappa shape index (κ3) is 6.56. The number of hydrogen-bond acceptors (Lipinski definition) is 9. The lowest BCUT2D eigenvalue weighted by molar-refractivity contribution is -0.151. The van der Waals surface area contributed by atoms with E-state index in [2.05, 4.69) is 15.4 Å². The first kappa shape index (κ1) is 30.6. The average Bonchev–Trinajstić information content (AvgIpc) is 3.41. The summed E-state index contributed by atoms with van der Waals surface area (Å²) >= 11 is 7.52. The minimum absolute atomic E-state index is 0.149. The minimum Gasteiger partial charge on any atom is -0.479 e. The van der Waals surface area contributed by atoms with E-state index in [1.807, 2.05) is 37.3 Å². The number of fused-ring (bicyclic) bond motifs is 1. The highest BCUT2D eigenvalue weighted by atomic mass is 35.5. The lowest BCUT2D eigenvalue weighted by Crippen LogP contribution is -2.33. The van der Waals surface area contributed by atoms with Crippen LogP contribution in [0.5, 0.6) is 17.5 Å². The standard InChI is InChI=1S/C31H28ClN5O6S/c1-4-18-41-29(39)19(2)42-21-14-16-22(17-15-21)43-31-34-26-25(27(44-3)35-37(26)20-10-6-5-7-11-20)28(38)36(31)30(40)33-24-13-9-8-12-23(24)32/h5-17,19H,4,18H2,1-3H3,(H,33,40). The predicted molar refractivity (Wildman–Crippen MR) is 169 cm³/mol. The minimum atomic E-state index is -0.827. The van der Waals surface area contributed by atoms with Gasteiger partial charge >= 0.3 is 18.0 Å². The molecule has 0 aliphatic carbocycles. The molecule has 0 saturated heterocycles. The number of carbonyl (C=O) groups is 2. The molecule has 11 nitrogen and oxygen atoms in total. The molecule has 0 saturated carbocycles. The number of carbonyl (C=O) groups excluding carboxylic acids is 2. The normalized spacial score (nSPS) is 11.6. The molecule has 0 aliphatic heterocycles. The Morgan fingerprint density at radius 2 is 1.68 bits per heavy atom. The summed E-state index contributed by atoms with van der Waals surface area (Å²) in [7, 11) is 0. The molecule has 1 unspecified atom stereocenters. The zero-order valence-corrected chi connectivity index (χ0v) is 25.6. The molecule has 5 rings (SSSR count). The van der Waals surface area contributed by atoms with Crippen LogP contribution in [0.1, 0.15) is 20.3 Å². The smallest absolute Gasteiger partial charge is 0.347 e. The molecule has 2 aromatic heterocycles. The molecule has 44 heavy (non-hydrogen) atoms. The van der Waals surface area contributed by atoms with Crippen LogP contribution in [-0.2, 0) is 9.53 Å². The molecule has 0 aliphatic rings. The Kier molecular flexibility index (Phi) is 9.51. The van der Waals surface area contributed by atoms with Crippen molar-refractivity contribution in [2.45, 2.75) is 31.4 Å². The molecule has 0 bridgehead atoms. The summed E-state index contributed by atoms with van der Waals surface area (Å²) < 4.78 is 19.2. The number of thioether (sulfide) groups is 1. The van der Waals surface area contributed by atoms with Crippen LogP contribution < -0.4 is 20.3 Å². The number of rotatable bonds is 10. The Hall–Kier alpha value is -4.81. The van der Waals surface area contributed by atoms with E-state index in [0.29, 0.717) is 35.2 Å². The molecule has 1 amide bonds. The summed E-state index contributed by atoms with van der Waals surface area (Å²) in [6, 6.07) is 21.0. The second-order valence-corrected chi connectivity index (χ2v) is 10.6. The number of para-hydroxylation sites is 2. The molecule has 0 fully saturated rings. The molecule has 0 spiro atoms. The van der Waals surface area contributed by atoms with Crippen molar-refractivity contribution in [1.29, 1.82) is 0 Å². The largest absolute Gasteiger partial charge is 0.479 e. The first-order valence-corrected chi connectivity index (χ1v) is 15.2. The van der Waals surface area contributed by atoms with Gasteiger partial charge in [0.05, 0.1) is 23.0 Å². The molecule has 3 aromatic carbocycles. The first-order valence-electron chi connectivity index (χ1n) is 13.6. The van der Waals surface area contributed by atoms with E-state index < -0.39 is 23.7 Å². The van der Waals surface area contributed by atoms with Gasteiger partial charge in [-0.2, -0.15) is 14.6 Å². The van der Waals surface area contributed by atoms with E-state index in [9.17, 15) is 14.4 Å². The fourth-order valence-electron chi connectivity index (χ4n) is 4.16.